The molecule has 2 N–H and O–H groups in total. The van der Waals surface area contributed by atoms with Gasteiger partial charge in [-0.05, 0) is 24.3 Å². The van der Waals surface area contributed by atoms with Gasteiger partial charge in [-0.3, -0.25) is 10.6 Å². The highest BCUT2D eigenvalue weighted by Gasteiger charge is 2.26. The summed E-state index contributed by atoms with van der Waals surface area (Å²) in [5.74, 6) is 2.70. The zero-order valence-corrected chi connectivity index (χ0v) is 15.0. The van der Waals surface area contributed by atoms with Crippen LogP contribution in [0.2, 0.25) is 0 Å². The molecule has 1 aromatic heterocycles. The van der Waals surface area contributed by atoms with Crippen LogP contribution in [0.4, 0.5) is 5.69 Å². The van der Waals surface area contributed by atoms with Gasteiger partial charge in [0.15, 0.2) is 12.2 Å². The molecule has 1 aliphatic heterocycles. The van der Waals surface area contributed by atoms with Crippen LogP contribution in [-0.4, -0.2) is 25.6 Å². The molecule has 2 aromatic carbocycles. The average Bonchev–Trinajstić information content (AvgIpc) is 3.37. The lowest BCUT2D eigenvalue weighted by Gasteiger charge is -2.21. The Hall–Kier alpha value is -3.45. The summed E-state index contributed by atoms with van der Waals surface area (Å²) in [5.41, 5.74) is 8.71. The molecule has 0 bridgehead atoms. The molecule has 0 saturated carbocycles. The highest BCUT2D eigenvalue weighted by molar-refractivity contribution is 5.73. The Balaban J connectivity index is 1.67. The largest absolute Gasteiger partial charge is 0.497 e. The van der Waals surface area contributed by atoms with Gasteiger partial charge in [0, 0.05) is 17.3 Å². The van der Waals surface area contributed by atoms with E-state index in [2.05, 4.69) is 4.98 Å². The first-order valence-corrected chi connectivity index (χ1v) is 8.33. The third-order valence-electron chi connectivity index (χ3n) is 4.31. The topological polar surface area (TPSA) is 83.0 Å². The van der Waals surface area contributed by atoms with Gasteiger partial charge in [0.05, 0.1) is 32.2 Å². The highest BCUT2D eigenvalue weighted by Crippen LogP contribution is 2.36. The molecular weight excluding hydrogens is 346 g/mol. The van der Waals surface area contributed by atoms with Crippen molar-refractivity contribution < 1.29 is 18.6 Å². The van der Waals surface area contributed by atoms with Crippen LogP contribution in [0.1, 0.15) is 5.56 Å². The fourth-order valence-electron chi connectivity index (χ4n) is 2.95. The predicted molar refractivity (Wildman–Crippen MR) is 101 cm³/mol. The van der Waals surface area contributed by atoms with Gasteiger partial charge in [-0.2, -0.15) is 0 Å². The molecule has 138 valence electrons. The summed E-state index contributed by atoms with van der Waals surface area (Å²) in [5, 5.41) is 0. The lowest BCUT2D eigenvalue weighted by molar-refractivity contribution is 0.199. The molecular formula is C20H19N3O4. The molecule has 27 heavy (non-hydrogen) atoms. The molecule has 0 spiro atoms. The highest BCUT2D eigenvalue weighted by atomic mass is 16.5. The smallest absolute Gasteiger partial charge is 0.231 e. The fraction of sp³-hybridized carbons (Fsp3) is 0.150. The van der Waals surface area contributed by atoms with Crippen molar-refractivity contribution in [1.29, 1.82) is 0 Å². The van der Waals surface area contributed by atoms with Crippen LogP contribution in [0.5, 0.6) is 11.5 Å². The summed E-state index contributed by atoms with van der Waals surface area (Å²) < 4.78 is 22.0. The molecule has 4 rings (SSSR count). The van der Waals surface area contributed by atoms with Gasteiger partial charge < -0.3 is 18.6 Å². The first kappa shape index (κ1) is 17.0. The van der Waals surface area contributed by atoms with Gasteiger partial charge in [0.2, 0.25) is 6.35 Å². The van der Waals surface area contributed by atoms with Gasteiger partial charge in [-0.15, -0.1) is 0 Å². The molecule has 0 radical (unpaired) electrons. The van der Waals surface area contributed by atoms with Crippen LogP contribution in [0.25, 0.3) is 17.1 Å². The van der Waals surface area contributed by atoms with E-state index in [0.29, 0.717) is 17.3 Å². The van der Waals surface area contributed by atoms with E-state index in [1.165, 1.54) is 6.39 Å². The van der Waals surface area contributed by atoms with Crippen molar-refractivity contribution in [3.05, 3.63) is 66.8 Å². The molecule has 7 nitrogen and oxygen atoms in total. The minimum atomic E-state index is -0.646. The van der Waals surface area contributed by atoms with Crippen molar-refractivity contribution in [3.8, 4) is 22.8 Å². The fourth-order valence-corrected chi connectivity index (χ4v) is 2.95. The van der Waals surface area contributed by atoms with Gasteiger partial charge in [0.25, 0.3) is 0 Å². The van der Waals surface area contributed by atoms with E-state index < -0.39 is 6.35 Å². The van der Waals surface area contributed by atoms with Crippen molar-refractivity contribution >= 4 is 11.4 Å². The lowest BCUT2D eigenvalue weighted by Crippen LogP contribution is -2.36. The first-order chi connectivity index (χ1) is 13.2. The number of ether oxygens (including phenoxy) is 3. The maximum atomic E-state index is 6.18. The number of anilines is 1. The number of aromatic nitrogens is 1. The zero-order valence-electron chi connectivity index (χ0n) is 15.0. The number of rotatable bonds is 5. The van der Waals surface area contributed by atoms with Crippen molar-refractivity contribution in [2.24, 2.45) is 5.73 Å². The van der Waals surface area contributed by atoms with E-state index in [1.54, 1.807) is 20.4 Å². The van der Waals surface area contributed by atoms with Gasteiger partial charge in [-0.1, -0.05) is 12.1 Å². The minimum Gasteiger partial charge on any atom is -0.497 e. The van der Waals surface area contributed by atoms with Crippen molar-refractivity contribution in [1.82, 2.24) is 4.98 Å². The number of benzene rings is 2. The number of nitrogens with two attached hydrogens (primary N) is 1. The minimum absolute atomic E-state index is 0.632. The number of hydrogen-bond acceptors (Lipinski definition) is 7. The normalized spacial score (nSPS) is 16.0. The van der Waals surface area contributed by atoms with Crippen LogP contribution in [0.15, 0.2) is 65.7 Å². The molecule has 1 aliphatic rings. The summed E-state index contributed by atoms with van der Waals surface area (Å²) in [6.45, 7) is 0. The summed E-state index contributed by atoms with van der Waals surface area (Å²) in [4.78, 5) is 5.79. The van der Waals surface area contributed by atoms with Crippen LogP contribution >= 0.6 is 0 Å². The Morgan fingerprint density at radius 2 is 2.00 bits per heavy atom. The van der Waals surface area contributed by atoms with E-state index in [4.69, 9.17) is 24.4 Å². The Morgan fingerprint density at radius 3 is 2.74 bits per heavy atom. The van der Waals surface area contributed by atoms with Crippen molar-refractivity contribution in [3.63, 3.8) is 0 Å². The number of methoxy groups -OCH3 is 2. The van der Waals surface area contributed by atoms with Crippen LogP contribution in [-0.2, 0) is 4.74 Å². The predicted octanol–water partition coefficient (Wildman–Crippen LogP) is 3.44. The van der Waals surface area contributed by atoms with Crippen molar-refractivity contribution in [2.75, 3.05) is 19.1 Å². The number of hydrogen-bond donors (Lipinski definition) is 1. The first-order valence-electron chi connectivity index (χ1n) is 8.33. The second kappa shape index (κ2) is 7.05. The Labute approximate surface area is 156 Å². The zero-order chi connectivity index (χ0) is 18.8. The molecule has 2 heterocycles. The molecule has 1 atom stereocenters. The van der Waals surface area contributed by atoms with Gasteiger partial charge >= 0.3 is 0 Å². The quantitative estimate of drug-likeness (QED) is 0.741. The summed E-state index contributed by atoms with van der Waals surface area (Å²) >= 11 is 0. The standard InChI is InChI=1S/C20H19N3O4/c1-24-15-5-3-4-13(8-15)19-11-23(20(21)27-19)14-6-7-16(17(9-14)25-2)18-10-22-12-26-18/h3-12,20H,21H2,1-2H3. The number of nitrogens with zero attached hydrogens (tertiary/aromatic N) is 2. The average molecular weight is 365 g/mol. The molecule has 3 aromatic rings. The third-order valence-corrected chi connectivity index (χ3v) is 4.31. The Bertz CT molecular complexity index is 969. The van der Waals surface area contributed by atoms with Crippen LogP contribution in [0, 0.1) is 0 Å². The summed E-state index contributed by atoms with van der Waals surface area (Å²) in [7, 11) is 3.24. The third kappa shape index (κ3) is 3.20. The van der Waals surface area contributed by atoms with E-state index in [-0.39, 0.29) is 0 Å². The SMILES string of the molecule is COc1cccc(C2=CN(c3ccc(-c4cnco4)c(OC)c3)C(N)O2)c1. The Morgan fingerprint density at radius 1 is 1.11 bits per heavy atom. The number of oxazole rings is 1. The summed E-state index contributed by atoms with van der Waals surface area (Å²) in [6, 6.07) is 13.3. The molecule has 0 aliphatic carbocycles. The van der Waals surface area contributed by atoms with E-state index >= 15 is 0 Å². The van der Waals surface area contributed by atoms with Gasteiger partial charge in [0.1, 0.15) is 17.3 Å². The van der Waals surface area contributed by atoms with E-state index in [9.17, 15) is 0 Å². The monoisotopic (exact) mass is 365 g/mol. The van der Waals surface area contributed by atoms with Crippen molar-refractivity contribution in [2.45, 2.75) is 6.35 Å². The maximum Gasteiger partial charge on any atom is 0.231 e. The molecule has 1 unspecified atom stereocenters. The molecule has 0 fully saturated rings. The van der Waals surface area contributed by atoms with E-state index in [0.717, 1.165) is 22.6 Å². The molecule has 0 amide bonds. The van der Waals surface area contributed by atoms with Gasteiger partial charge in [-0.25, -0.2) is 4.98 Å². The van der Waals surface area contributed by atoms with Crippen LogP contribution < -0.4 is 20.1 Å². The second-order valence-electron chi connectivity index (χ2n) is 5.89. The second-order valence-corrected chi connectivity index (χ2v) is 5.89. The maximum absolute atomic E-state index is 6.18. The van der Waals surface area contributed by atoms with Crippen LogP contribution in [0.3, 0.4) is 0 Å². The molecule has 0 saturated heterocycles. The Kier molecular flexibility index (Phi) is 4.43. The van der Waals surface area contributed by atoms with E-state index in [1.807, 2.05) is 53.6 Å². The lowest BCUT2D eigenvalue weighted by atomic mass is 10.1. The molecule has 7 heteroatoms. The summed E-state index contributed by atoms with van der Waals surface area (Å²) in [6.07, 6.45) is 4.24.